The first kappa shape index (κ1) is 22.3. The van der Waals surface area contributed by atoms with Crippen LogP contribution in [0, 0.1) is 17.6 Å². The second kappa shape index (κ2) is 9.46. The number of rotatable bonds is 8. The molecule has 0 saturated carbocycles. The standard InChI is InChI=1S/C19H24F2N4O4/c1-11(2)10-25-16(22)15(17(26)23-19(25)28)24(8-5-9-29-3)18(27)14-12(20)6-4-7-13(14)21/h4,6-7,11H,5,8-10,22H2,1-3H3,(H,23,26,28). The van der Waals surface area contributed by atoms with Crippen LogP contribution in [0.15, 0.2) is 27.8 Å². The van der Waals surface area contributed by atoms with Crippen LogP contribution in [0.2, 0.25) is 0 Å². The first-order valence-electron chi connectivity index (χ1n) is 9.06. The summed E-state index contributed by atoms with van der Waals surface area (Å²) < 4.78 is 34.5. The van der Waals surface area contributed by atoms with E-state index in [1.54, 1.807) is 0 Å². The first-order valence-corrected chi connectivity index (χ1v) is 9.06. The van der Waals surface area contributed by atoms with Gasteiger partial charge in [-0.3, -0.25) is 19.1 Å². The molecule has 8 nitrogen and oxygen atoms in total. The van der Waals surface area contributed by atoms with Crippen LogP contribution in [0.5, 0.6) is 0 Å². The molecule has 0 aliphatic heterocycles. The Morgan fingerprint density at radius 1 is 1.28 bits per heavy atom. The number of ether oxygens (including phenoxy) is 1. The number of carbonyl (C=O) groups is 1. The number of hydrogen-bond acceptors (Lipinski definition) is 5. The molecule has 0 unspecified atom stereocenters. The van der Waals surface area contributed by atoms with Gasteiger partial charge in [0.05, 0.1) is 0 Å². The summed E-state index contributed by atoms with van der Waals surface area (Å²) in [6.45, 7) is 3.99. The van der Waals surface area contributed by atoms with E-state index in [-0.39, 0.29) is 43.5 Å². The van der Waals surface area contributed by atoms with Gasteiger partial charge in [-0.2, -0.15) is 0 Å². The van der Waals surface area contributed by atoms with E-state index in [0.717, 1.165) is 27.7 Å². The molecule has 158 valence electrons. The number of amides is 1. The van der Waals surface area contributed by atoms with Crippen molar-refractivity contribution < 1.29 is 18.3 Å². The van der Waals surface area contributed by atoms with Gasteiger partial charge in [0.2, 0.25) is 0 Å². The number of aromatic amines is 1. The van der Waals surface area contributed by atoms with Gasteiger partial charge in [0.1, 0.15) is 23.0 Å². The van der Waals surface area contributed by atoms with Crippen molar-refractivity contribution in [3.8, 4) is 0 Å². The molecule has 1 heterocycles. The molecule has 1 amide bonds. The number of carbonyl (C=O) groups excluding carboxylic acids is 1. The van der Waals surface area contributed by atoms with Crippen molar-refractivity contribution in [3.63, 3.8) is 0 Å². The molecule has 1 aromatic heterocycles. The van der Waals surface area contributed by atoms with Crippen LogP contribution in [0.4, 0.5) is 20.3 Å². The fourth-order valence-corrected chi connectivity index (χ4v) is 2.90. The number of anilines is 2. The number of benzene rings is 1. The van der Waals surface area contributed by atoms with Gasteiger partial charge < -0.3 is 15.4 Å². The minimum atomic E-state index is -1.08. The lowest BCUT2D eigenvalue weighted by atomic mass is 10.1. The van der Waals surface area contributed by atoms with Gasteiger partial charge in [0, 0.05) is 26.8 Å². The first-order chi connectivity index (χ1) is 13.7. The van der Waals surface area contributed by atoms with Gasteiger partial charge in [-0.1, -0.05) is 19.9 Å². The Morgan fingerprint density at radius 2 is 1.90 bits per heavy atom. The molecule has 2 aromatic rings. The van der Waals surface area contributed by atoms with Crippen LogP contribution in [-0.2, 0) is 11.3 Å². The molecule has 0 radical (unpaired) electrons. The molecule has 3 N–H and O–H groups in total. The van der Waals surface area contributed by atoms with E-state index in [2.05, 4.69) is 4.98 Å². The zero-order chi connectivity index (χ0) is 21.7. The Labute approximate surface area is 165 Å². The maximum atomic E-state index is 14.2. The Morgan fingerprint density at radius 3 is 2.45 bits per heavy atom. The third kappa shape index (κ3) is 4.89. The topological polar surface area (TPSA) is 110 Å². The number of nitrogens with two attached hydrogens (primary N) is 1. The highest BCUT2D eigenvalue weighted by Gasteiger charge is 2.29. The number of hydrogen-bond donors (Lipinski definition) is 2. The Hall–Kier alpha value is -3.01. The third-order valence-electron chi connectivity index (χ3n) is 4.18. The van der Waals surface area contributed by atoms with Crippen LogP contribution in [0.3, 0.4) is 0 Å². The van der Waals surface area contributed by atoms with Gasteiger partial charge in [-0.25, -0.2) is 13.6 Å². The summed E-state index contributed by atoms with van der Waals surface area (Å²) in [6, 6.07) is 3.01. The molecule has 10 heteroatoms. The van der Waals surface area contributed by atoms with Crippen molar-refractivity contribution in [3.05, 3.63) is 56.2 Å². The predicted octanol–water partition coefficient (Wildman–Crippen LogP) is 1.74. The molecule has 29 heavy (non-hydrogen) atoms. The minimum Gasteiger partial charge on any atom is -0.385 e. The normalized spacial score (nSPS) is 11.1. The van der Waals surface area contributed by atoms with Crippen molar-refractivity contribution in [2.24, 2.45) is 5.92 Å². The van der Waals surface area contributed by atoms with Gasteiger partial charge in [-0.05, 0) is 24.5 Å². The molecule has 2 rings (SSSR count). The number of nitrogens with one attached hydrogen (secondary N) is 1. The van der Waals surface area contributed by atoms with Crippen molar-refractivity contribution in [2.75, 3.05) is 30.9 Å². The monoisotopic (exact) mass is 410 g/mol. The zero-order valence-electron chi connectivity index (χ0n) is 16.5. The summed E-state index contributed by atoms with van der Waals surface area (Å²) in [5.74, 6) is -3.47. The summed E-state index contributed by atoms with van der Waals surface area (Å²) in [5.41, 5.74) is 3.26. The van der Waals surface area contributed by atoms with E-state index in [9.17, 15) is 23.2 Å². The average molecular weight is 410 g/mol. The summed E-state index contributed by atoms with van der Waals surface area (Å²) >= 11 is 0. The van der Waals surface area contributed by atoms with E-state index in [0.29, 0.717) is 0 Å². The second-order valence-electron chi connectivity index (χ2n) is 6.90. The van der Waals surface area contributed by atoms with Crippen molar-refractivity contribution in [1.29, 1.82) is 0 Å². The smallest absolute Gasteiger partial charge is 0.330 e. The van der Waals surface area contributed by atoms with Gasteiger partial charge in [-0.15, -0.1) is 0 Å². The number of H-pyrrole nitrogens is 1. The van der Waals surface area contributed by atoms with E-state index >= 15 is 0 Å². The molecular weight excluding hydrogens is 386 g/mol. The fraction of sp³-hybridized carbons (Fsp3) is 0.421. The number of nitrogens with zero attached hydrogens (tertiary/aromatic N) is 2. The van der Waals surface area contributed by atoms with Crippen LogP contribution < -0.4 is 21.9 Å². The lowest BCUT2D eigenvalue weighted by Crippen LogP contribution is -2.42. The van der Waals surface area contributed by atoms with Crippen molar-refractivity contribution in [1.82, 2.24) is 9.55 Å². The number of aromatic nitrogens is 2. The maximum absolute atomic E-state index is 14.2. The van der Waals surface area contributed by atoms with Crippen LogP contribution >= 0.6 is 0 Å². The number of halogens is 2. The van der Waals surface area contributed by atoms with Crippen molar-refractivity contribution in [2.45, 2.75) is 26.8 Å². The second-order valence-corrected chi connectivity index (χ2v) is 6.90. The molecular formula is C19H24F2N4O4. The van der Waals surface area contributed by atoms with Crippen molar-refractivity contribution >= 4 is 17.4 Å². The maximum Gasteiger partial charge on any atom is 0.330 e. The zero-order valence-corrected chi connectivity index (χ0v) is 16.5. The number of nitrogen functional groups attached to an aromatic ring is 1. The van der Waals surface area contributed by atoms with E-state index < -0.39 is 34.4 Å². The van der Waals surface area contributed by atoms with Crippen LogP contribution in [-0.4, -0.2) is 35.7 Å². The summed E-state index contributed by atoms with van der Waals surface area (Å²) in [7, 11) is 1.45. The molecule has 0 aliphatic rings. The molecule has 0 spiro atoms. The quantitative estimate of drug-likeness (QED) is 0.644. The van der Waals surface area contributed by atoms with Gasteiger partial charge in [0.25, 0.3) is 11.5 Å². The third-order valence-corrected chi connectivity index (χ3v) is 4.18. The lowest BCUT2D eigenvalue weighted by Gasteiger charge is -2.25. The number of methoxy groups -OCH3 is 1. The Balaban J connectivity index is 2.66. The molecule has 0 bridgehead atoms. The highest BCUT2D eigenvalue weighted by molar-refractivity contribution is 6.07. The Bertz CT molecular complexity index is 980. The summed E-state index contributed by atoms with van der Waals surface area (Å²) in [4.78, 5) is 40.7. The van der Waals surface area contributed by atoms with Crippen LogP contribution in [0.1, 0.15) is 30.6 Å². The fourth-order valence-electron chi connectivity index (χ4n) is 2.90. The highest BCUT2D eigenvalue weighted by atomic mass is 19.1. The molecule has 0 fully saturated rings. The molecule has 1 aromatic carbocycles. The van der Waals surface area contributed by atoms with Gasteiger partial charge >= 0.3 is 5.69 Å². The predicted molar refractivity (Wildman–Crippen MR) is 105 cm³/mol. The summed E-state index contributed by atoms with van der Waals surface area (Å²) in [5, 5.41) is 0. The van der Waals surface area contributed by atoms with Crippen LogP contribution in [0.25, 0.3) is 0 Å². The SMILES string of the molecule is COCCCN(C(=O)c1c(F)cccc1F)c1c(N)n(CC(C)C)c(=O)[nH]c1=O. The molecule has 0 atom stereocenters. The largest absolute Gasteiger partial charge is 0.385 e. The van der Waals surface area contributed by atoms with E-state index in [4.69, 9.17) is 10.5 Å². The van der Waals surface area contributed by atoms with E-state index in [1.165, 1.54) is 7.11 Å². The average Bonchev–Trinajstić information content (AvgIpc) is 2.63. The van der Waals surface area contributed by atoms with E-state index in [1.807, 2.05) is 13.8 Å². The minimum absolute atomic E-state index is 0.00964. The highest BCUT2D eigenvalue weighted by Crippen LogP contribution is 2.23. The van der Waals surface area contributed by atoms with Gasteiger partial charge in [0.15, 0.2) is 5.69 Å². The Kier molecular flexibility index (Phi) is 7.27. The summed E-state index contributed by atoms with van der Waals surface area (Å²) in [6.07, 6.45) is 0.264. The molecule has 0 aliphatic carbocycles. The lowest BCUT2D eigenvalue weighted by molar-refractivity contribution is 0.0975. The molecule has 0 saturated heterocycles.